The predicted octanol–water partition coefficient (Wildman–Crippen LogP) is 5.39. The third-order valence-electron chi connectivity index (χ3n) is 5.22. The van der Waals surface area contributed by atoms with Gasteiger partial charge in [0.05, 0.1) is 11.7 Å². The van der Waals surface area contributed by atoms with E-state index in [0.29, 0.717) is 5.57 Å². The van der Waals surface area contributed by atoms with Crippen LogP contribution in [0.3, 0.4) is 0 Å². The Labute approximate surface area is 176 Å². The molecule has 3 aromatic rings. The molecule has 4 rings (SSSR count). The molecule has 1 aliphatic heterocycles. The minimum absolute atomic E-state index is 0.00777. The first kappa shape index (κ1) is 19.7. The van der Waals surface area contributed by atoms with Crippen molar-refractivity contribution in [2.75, 3.05) is 4.90 Å². The molecule has 0 spiro atoms. The number of rotatable bonds is 4. The number of hydrogen-bond donors (Lipinski definition) is 0. The molecule has 2 aromatic carbocycles. The molecule has 5 nitrogen and oxygen atoms in total. The number of benzene rings is 2. The van der Waals surface area contributed by atoms with Crippen molar-refractivity contribution in [3.05, 3.63) is 95.8 Å². The van der Waals surface area contributed by atoms with Crippen LogP contribution in [-0.4, -0.2) is 22.6 Å². The van der Waals surface area contributed by atoms with Gasteiger partial charge in [0.2, 0.25) is 0 Å². The van der Waals surface area contributed by atoms with Gasteiger partial charge in [-0.25, -0.2) is 4.79 Å². The SMILES string of the molecule is CC(C)C1C(C(=O)n2cccc2)=Cc2ccccc2N1C(=O)OCc1ccccc1. The molecule has 0 N–H and O–H groups in total. The summed E-state index contributed by atoms with van der Waals surface area (Å²) in [6.07, 6.45) is 4.87. The van der Waals surface area contributed by atoms with Crippen LogP contribution in [0.15, 0.2) is 84.7 Å². The van der Waals surface area contributed by atoms with E-state index in [-0.39, 0.29) is 18.4 Å². The van der Waals surface area contributed by atoms with Crippen LogP contribution in [0.2, 0.25) is 0 Å². The molecule has 152 valence electrons. The minimum Gasteiger partial charge on any atom is -0.444 e. The lowest BCUT2D eigenvalue weighted by molar-refractivity contribution is 0.0944. The summed E-state index contributed by atoms with van der Waals surface area (Å²) >= 11 is 0. The number of aromatic nitrogens is 1. The summed E-state index contributed by atoms with van der Waals surface area (Å²) in [5, 5.41) is 0. The van der Waals surface area contributed by atoms with Crippen molar-refractivity contribution in [1.82, 2.24) is 4.57 Å². The van der Waals surface area contributed by atoms with E-state index in [2.05, 4.69) is 0 Å². The van der Waals surface area contributed by atoms with Gasteiger partial charge in [-0.15, -0.1) is 0 Å². The zero-order valence-corrected chi connectivity index (χ0v) is 17.1. The Kier molecular flexibility index (Phi) is 5.53. The van der Waals surface area contributed by atoms with Crippen LogP contribution in [0.5, 0.6) is 0 Å². The number of para-hydroxylation sites is 1. The number of carbonyl (C=O) groups is 2. The lowest BCUT2D eigenvalue weighted by Crippen LogP contribution is -2.48. The average Bonchev–Trinajstić information content (AvgIpc) is 3.31. The summed E-state index contributed by atoms with van der Waals surface area (Å²) in [6.45, 7) is 4.19. The van der Waals surface area contributed by atoms with E-state index in [9.17, 15) is 9.59 Å². The smallest absolute Gasteiger partial charge is 0.415 e. The number of anilines is 1. The monoisotopic (exact) mass is 400 g/mol. The molecule has 0 aliphatic carbocycles. The van der Waals surface area contributed by atoms with Crippen molar-refractivity contribution in [2.24, 2.45) is 5.92 Å². The first-order chi connectivity index (χ1) is 14.6. The summed E-state index contributed by atoms with van der Waals surface area (Å²) in [4.78, 5) is 28.1. The Balaban J connectivity index is 1.71. The lowest BCUT2D eigenvalue weighted by Gasteiger charge is -2.38. The van der Waals surface area contributed by atoms with E-state index in [4.69, 9.17) is 4.74 Å². The van der Waals surface area contributed by atoms with E-state index < -0.39 is 12.1 Å². The topological polar surface area (TPSA) is 51.5 Å². The van der Waals surface area contributed by atoms with Gasteiger partial charge in [0.15, 0.2) is 0 Å². The van der Waals surface area contributed by atoms with E-state index >= 15 is 0 Å². The van der Waals surface area contributed by atoms with Crippen LogP contribution in [0.1, 0.15) is 29.8 Å². The number of ether oxygens (including phenoxy) is 1. The van der Waals surface area contributed by atoms with Crippen LogP contribution in [0.4, 0.5) is 10.5 Å². The molecule has 30 heavy (non-hydrogen) atoms. The molecule has 2 heterocycles. The summed E-state index contributed by atoms with van der Waals surface area (Å²) in [6, 6.07) is 20.3. The number of amides is 1. The number of hydrogen-bond acceptors (Lipinski definition) is 3. The molecule has 0 fully saturated rings. The third-order valence-corrected chi connectivity index (χ3v) is 5.22. The van der Waals surface area contributed by atoms with Crippen LogP contribution < -0.4 is 4.90 Å². The van der Waals surface area contributed by atoms with Crippen LogP contribution in [0, 0.1) is 5.92 Å². The maximum absolute atomic E-state index is 13.3. The summed E-state index contributed by atoms with van der Waals surface area (Å²) in [7, 11) is 0. The second-order valence-corrected chi connectivity index (χ2v) is 7.65. The summed E-state index contributed by atoms with van der Waals surface area (Å²) in [5.74, 6) is -0.137. The first-order valence-electron chi connectivity index (χ1n) is 10.0. The fourth-order valence-electron chi connectivity index (χ4n) is 3.84. The quantitative estimate of drug-likeness (QED) is 0.590. The second kappa shape index (κ2) is 8.41. The zero-order valence-electron chi connectivity index (χ0n) is 17.1. The average molecular weight is 400 g/mol. The van der Waals surface area contributed by atoms with Crippen LogP contribution in [0.25, 0.3) is 6.08 Å². The second-order valence-electron chi connectivity index (χ2n) is 7.65. The number of carbonyl (C=O) groups excluding carboxylic acids is 2. The largest absolute Gasteiger partial charge is 0.444 e. The maximum Gasteiger partial charge on any atom is 0.415 e. The van der Waals surface area contributed by atoms with Gasteiger partial charge < -0.3 is 4.74 Å². The van der Waals surface area contributed by atoms with Gasteiger partial charge in [-0.05, 0) is 41.3 Å². The summed E-state index contributed by atoms with van der Waals surface area (Å²) < 4.78 is 7.21. The van der Waals surface area contributed by atoms with Gasteiger partial charge in [-0.2, -0.15) is 0 Å². The maximum atomic E-state index is 13.3. The molecule has 0 saturated heterocycles. The molecular weight excluding hydrogens is 376 g/mol. The molecule has 1 atom stereocenters. The van der Waals surface area contributed by atoms with Gasteiger partial charge >= 0.3 is 6.09 Å². The first-order valence-corrected chi connectivity index (χ1v) is 10.0. The highest BCUT2D eigenvalue weighted by Crippen LogP contribution is 2.37. The van der Waals surface area contributed by atoms with Gasteiger partial charge in [0, 0.05) is 18.0 Å². The fraction of sp³-hybridized carbons (Fsp3) is 0.200. The van der Waals surface area contributed by atoms with Crippen molar-refractivity contribution in [1.29, 1.82) is 0 Å². The Bertz CT molecular complexity index is 1070. The molecule has 0 radical (unpaired) electrons. The molecule has 1 aliphatic rings. The molecule has 1 aromatic heterocycles. The Hall–Kier alpha value is -3.60. The Morgan fingerprint density at radius 1 is 0.933 bits per heavy atom. The van der Waals surface area contributed by atoms with Crippen molar-refractivity contribution < 1.29 is 14.3 Å². The highest BCUT2D eigenvalue weighted by Gasteiger charge is 2.38. The lowest BCUT2D eigenvalue weighted by atomic mass is 9.88. The molecule has 0 saturated carbocycles. The molecule has 1 amide bonds. The van der Waals surface area contributed by atoms with E-state index in [1.54, 1.807) is 21.9 Å². The third kappa shape index (κ3) is 3.79. The number of nitrogens with zero attached hydrogens (tertiary/aromatic N) is 2. The zero-order chi connectivity index (χ0) is 21.1. The Morgan fingerprint density at radius 3 is 2.30 bits per heavy atom. The van der Waals surface area contributed by atoms with Crippen molar-refractivity contribution in [2.45, 2.75) is 26.5 Å². The van der Waals surface area contributed by atoms with E-state index in [1.807, 2.05) is 86.7 Å². The summed E-state index contributed by atoms with van der Waals surface area (Å²) in [5.41, 5.74) is 3.05. The van der Waals surface area contributed by atoms with Crippen LogP contribution >= 0.6 is 0 Å². The van der Waals surface area contributed by atoms with Crippen molar-refractivity contribution in [3.63, 3.8) is 0 Å². The van der Waals surface area contributed by atoms with E-state index in [1.165, 1.54) is 0 Å². The van der Waals surface area contributed by atoms with Gasteiger partial charge in [0.25, 0.3) is 5.91 Å². The number of fused-ring (bicyclic) bond motifs is 1. The van der Waals surface area contributed by atoms with Gasteiger partial charge in [-0.3, -0.25) is 14.3 Å². The highest BCUT2D eigenvalue weighted by atomic mass is 16.6. The van der Waals surface area contributed by atoms with Gasteiger partial charge in [0.1, 0.15) is 6.61 Å². The molecule has 1 unspecified atom stereocenters. The van der Waals surface area contributed by atoms with E-state index in [0.717, 1.165) is 16.8 Å². The Morgan fingerprint density at radius 2 is 1.60 bits per heavy atom. The normalized spacial score (nSPS) is 15.5. The van der Waals surface area contributed by atoms with Crippen molar-refractivity contribution in [3.8, 4) is 0 Å². The standard InChI is InChI=1S/C25H24N2O3/c1-18(2)23-21(24(28)26-14-8-9-15-26)16-20-12-6-7-13-22(20)27(23)25(29)30-17-19-10-4-3-5-11-19/h3-16,18,23H,17H2,1-2H3. The molecule has 0 bridgehead atoms. The molecular formula is C25H24N2O3. The predicted molar refractivity (Wildman–Crippen MR) is 117 cm³/mol. The fourth-order valence-corrected chi connectivity index (χ4v) is 3.84. The minimum atomic E-state index is -0.462. The van der Waals surface area contributed by atoms with Crippen LogP contribution in [-0.2, 0) is 11.3 Å². The van der Waals surface area contributed by atoms with Gasteiger partial charge in [-0.1, -0.05) is 62.4 Å². The molecule has 5 heteroatoms. The van der Waals surface area contributed by atoms with Crippen molar-refractivity contribution >= 4 is 23.8 Å². The highest BCUT2D eigenvalue weighted by molar-refractivity contribution is 6.07.